The molecule has 39 heavy (non-hydrogen) atoms. The molecule has 11 heteroatoms. The van der Waals surface area contributed by atoms with Crippen LogP contribution in [0.5, 0.6) is 0 Å². The number of thiophene rings is 1. The Morgan fingerprint density at radius 1 is 1.18 bits per heavy atom. The van der Waals surface area contributed by atoms with Gasteiger partial charge in [-0.25, -0.2) is 4.79 Å². The molecule has 1 saturated heterocycles. The zero-order valence-corrected chi connectivity index (χ0v) is 22.9. The number of carboxylic acids is 1. The van der Waals surface area contributed by atoms with Gasteiger partial charge >= 0.3 is 12.1 Å². The van der Waals surface area contributed by atoms with Gasteiger partial charge in [0, 0.05) is 36.8 Å². The Balaban J connectivity index is 0.000000466. The number of anilines is 1. The zero-order chi connectivity index (χ0) is 28.2. The number of aliphatic carboxylic acids is 1. The number of carbonyl (C=O) groups is 2. The number of carbonyl (C=O) groups excluding carboxylic acids is 3. The molecular formula is C28H34N4O6S. The highest BCUT2D eigenvalue weighted by Crippen LogP contribution is 2.35. The summed E-state index contributed by atoms with van der Waals surface area (Å²) in [4.78, 5) is 42.7. The number of hydrogen-bond donors (Lipinski definition) is 2. The number of morpholine rings is 1. The molecule has 10 nitrogen and oxygen atoms in total. The van der Waals surface area contributed by atoms with Crippen molar-refractivity contribution in [3.63, 3.8) is 0 Å². The van der Waals surface area contributed by atoms with Crippen molar-refractivity contribution < 1.29 is 29.0 Å². The number of hydrogen-bond acceptors (Lipinski definition) is 8. The molecule has 3 aromatic rings. The van der Waals surface area contributed by atoms with Gasteiger partial charge in [-0.1, -0.05) is 38.0 Å². The highest BCUT2D eigenvalue weighted by atomic mass is 32.1. The standard InChI is InChI=1S/C24H30N4O2S.C3H4O2.CO2/c1-17-21-15-22(31-24(21)28(26-17)20-5-3-2-4-6-20)23(29)25-19-9-7-18(8-10-19)16-27-11-13-30-14-12-27;1-2-3(4)5;2-1-3/h7-10,15,20H,2-6,11-14,16H2,1H3,(H,25,29);2H,1H2,(H,4,5);. The molecule has 1 aliphatic carbocycles. The van der Waals surface area contributed by atoms with Gasteiger partial charge in [0.15, 0.2) is 0 Å². The summed E-state index contributed by atoms with van der Waals surface area (Å²) in [6.07, 6.45) is 7.32. The molecule has 2 aromatic heterocycles. The quantitative estimate of drug-likeness (QED) is 0.421. The molecule has 1 aromatic carbocycles. The maximum Gasteiger partial charge on any atom is 0.373 e. The lowest BCUT2D eigenvalue weighted by Crippen LogP contribution is -2.35. The lowest BCUT2D eigenvalue weighted by atomic mass is 9.96. The molecule has 208 valence electrons. The Morgan fingerprint density at radius 2 is 1.79 bits per heavy atom. The number of carboxylic acid groups (broad SMARTS) is 1. The Kier molecular flexibility index (Phi) is 11.6. The fourth-order valence-corrected chi connectivity index (χ4v) is 5.79. The number of benzene rings is 1. The molecule has 2 fully saturated rings. The average Bonchev–Trinajstić information content (AvgIpc) is 3.52. The van der Waals surface area contributed by atoms with Crippen molar-refractivity contribution in [1.82, 2.24) is 14.7 Å². The van der Waals surface area contributed by atoms with E-state index in [0.29, 0.717) is 6.04 Å². The average molecular weight is 555 g/mol. The van der Waals surface area contributed by atoms with Crippen LogP contribution in [0.3, 0.4) is 0 Å². The number of aromatic nitrogens is 2. The van der Waals surface area contributed by atoms with Crippen molar-refractivity contribution in [2.75, 3.05) is 31.6 Å². The maximum atomic E-state index is 12.9. The third-order valence-electron chi connectivity index (χ3n) is 6.61. The van der Waals surface area contributed by atoms with Gasteiger partial charge in [-0.2, -0.15) is 14.7 Å². The normalized spacial score (nSPS) is 15.7. The van der Waals surface area contributed by atoms with Gasteiger partial charge in [0.2, 0.25) is 0 Å². The molecule has 1 aliphatic heterocycles. The van der Waals surface area contributed by atoms with Crippen LogP contribution in [0.25, 0.3) is 10.2 Å². The zero-order valence-electron chi connectivity index (χ0n) is 22.1. The first-order chi connectivity index (χ1) is 18.9. The molecule has 0 atom stereocenters. The lowest BCUT2D eigenvalue weighted by molar-refractivity contribution is -0.191. The van der Waals surface area contributed by atoms with E-state index in [4.69, 9.17) is 24.5 Å². The van der Waals surface area contributed by atoms with Crippen LogP contribution < -0.4 is 5.32 Å². The van der Waals surface area contributed by atoms with E-state index >= 15 is 0 Å². The minimum atomic E-state index is -0.981. The van der Waals surface area contributed by atoms with E-state index in [2.05, 4.69) is 33.6 Å². The molecule has 0 bridgehead atoms. The summed E-state index contributed by atoms with van der Waals surface area (Å²) in [7, 11) is 0. The second-order valence-electron chi connectivity index (χ2n) is 9.32. The SMILES string of the molecule is C=CC(=O)O.Cc1nn(C2CCCCC2)c2sc(C(=O)Nc3ccc(CN4CCOCC4)cc3)cc12.O=C=O. The van der Waals surface area contributed by atoms with E-state index in [9.17, 15) is 9.59 Å². The minimum Gasteiger partial charge on any atom is -0.478 e. The number of fused-ring (bicyclic) bond motifs is 1. The summed E-state index contributed by atoms with van der Waals surface area (Å²) in [5, 5.41) is 16.6. The van der Waals surface area contributed by atoms with Crippen molar-refractivity contribution in [2.45, 2.75) is 51.6 Å². The summed E-state index contributed by atoms with van der Waals surface area (Å²) < 4.78 is 7.60. The predicted molar refractivity (Wildman–Crippen MR) is 148 cm³/mol. The van der Waals surface area contributed by atoms with Crippen LogP contribution in [0.4, 0.5) is 5.69 Å². The van der Waals surface area contributed by atoms with Crippen molar-refractivity contribution in [1.29, 1.82) is 0 Å². The summed E-state index contributed by atoms with van der Waals surface area (Å²) in [5.41, 5.74) is 3.10. The maximum absolute atomic E-state index is 12.9. The third kappa shape index (κ3) is 8.69. The predicted octanol–water partition coefficient (Wildman–Crippen LogP) is 4.67. The fourth-order valence-electron chi connectivity index (χ4n) is 4.66. The Hall–Kier alpha value is -3.63. The van der Waals surface area contributed by atoms with Crippen molar-refractivity contribution in [3.05, 3.63) is 59.1 Å². The first-order valence-electron chi connectivity index (χ1n) is 12.9. The molecular weight excluding hydrogens is 520 g/mol. The Bertz CT molecular complexity index is 1280. The van der Waals surface area contributed by atoms with E-state index < -0.39 is 5.97 Å². The largest absolute Gasteiger partial charge is 0.478 e. The van der Waals surface area contributed by atoms with Gasteiger partial charge in [0.25, 0.3) is 5.91 Å². The van der Waals surface area contributed by atoms with Crippen LogP contribution in [0.1, 0.15) is 59.1 Å². The molecule has 0 unspecified atom stereocenters. The summed E-state index contributed by atoms with van der Waals surface area (Å²) in [6.45, 7) is 9.49. The monoisotopic (exact) mass is 554 g/mol. The highest BCUT2D eigenvalue weighted by Gasteiger charge is 2.22. The van der Waals surface area contributed by atoms with E-state index in [1.807, 2.05) is 25.1 Å². The van der Waals surface area contributed by atoms with Gasteiger partial charge in [0.1, 0.15) is 4.83 Å². The summed E-state index contributed by atoms with van der Waals surface area (Å²) >= 11 is 1.56. The number of nitrogens with zero attached hydrogens (tertiary/aromatic N) is 3. The lowest BCUT2D eigenvalue weighted by Gasteiger charge is -2.26. The minimum absolute atomic E-state index is 0.0447. The number of amides is 1. The van der Waals surface area contributed by atoms with E-state index in [0.717, 1.165) is 65.4 Å². The third-order valence-corrected chi connectivity index (χ3v) is 7.73. The molecule has 0 spiro atoms. The number of nitrogens with one attached hydrogen (secondary N) is 1. The molecule has 2 N–H and O–H groups in total. The Morgan fingerprint density at radius 3 is 2.38 bits per heavy atom. The number of ether oxygens (including phenoxy) is 1. The summed E-state index contributed by atoms with van der Waals surface area (Å²) in [6, 6.07) is 10.7. The molecule has 3 heterocycles. The van der Waals surface area contributed by atoms with Crippen LogP contribution in [-0.2, 0) is 25.7 Å². The van der Waals surface area contributed by atoms with Crippen LogP contribution in [-0.4, -0.2) is 64.1 Å². The fraction of sp³-hybridized carbons (Fsp3) is 0.429. The van der Waals surface area contributed by atoms with Crippen molar-refractivity contribution in [3.8, 4) is 0 Å². The first kappa shape index (κ1) is 29.9. The van der Waals surface area contributed by atoms with Gasteiger partial charge in [0.05, 0.1) is 29.8 Å². The van der Waals surface area contributed by atoms with Gasteiger partial charge < -0.3 is 15.2 Å². The van der Waals surface area contributed by atoms with Crippen LogP contribution >= 0.6 is 11.3 Å². The van der Waals surface area contributed by atoms with Crippen LogP contribution in [0, 0.1) is 6.92 Å². The summed E-state index contributed by atoms with van der Waals surface area (Å²) in [5.74, 6) is -1.03. The number of aryl methyl sites for hydroxylation is 1. The second kappa shape index (κ2) is 15.1. The van der Waals surface area contributed by atoms with Gasteiger partial charge in [-0.3, -0.25) is 14.4 Å². The van der Waals surface area contributed by atoms with Gasteiger partial charge in [-0.15, -0.1) is 11.3 Å². The van der Waals surface area contributed by atoms with E-state index in [1.54, 1.807) is 11.3 Å². The molecule has 5 rings (SSSR count). The first-order valence-corrected chi connectivity index (χ1v) is 13.7. The topological polar surface area (TPSA) is 131 Å². The smallest absolute Gasteiger partial charge is 0.373 e. The molecule has 1 amide bonds. The Labute approximate surface area is 231 Å². The van der Waals surface area contributed by atoms with Crippen LogP contribution in [0.15, 0.2) is 43.0 Å². The highest BCUT2D eigenvalue weighted by molar-refractivity contribution is 7.20. The molecule has 0 radical (unpaired) electrons. The van der Waals surface area contributed by atoms with Crippen molar-refractivity contribution in [2.24, 2.45) is 0 Å². The molecule has 2 aliphatic rings. The van der Waals surface area contributed by atoms with E-state index in [1.165, 1.54) is 37.7 Å². The second-order valence-corrected chi connectivity index (χ2v) is 10.3. The van der Waals surface area contributed by atoms with Crippen molar-refractivity contribution >= 4 is 45.3 Å². The van der Waals surface area contributed by atoms with Crippen LogP contribution in [0.2, 0.25) is 0 Å². The molecule has 1 saturated carbocycles. The van der Waals surface area contributed by atoms with E-state index in [-0.39, 0.29) is 12.1 Å². The number of rotatable bonds is 6. The van der Waals surface area contributed by atoms with Gasteiger partial charge in [-0.05, 0) is 43.5 Å².